The first-order chi connectivity index (χ1) is 5.16. The van der Waals surface area contributed by atoms with E-state index < -0.39 is 0 Å². The minimum Gasteiger partial charge on any atom is -0.268 e. The molecule has 0 radical (unpaired) electrons. The van der Waals surface area contributed by atoms with Gasteiger partial charge in [-0.15, -0.1) is 0 Å². The van der Waals surface area contributed by atoms with Crippen LogP contribution in [0.3, 0.4) is 0 Å². The fourth-order valence-electron chi connectivity index (χ4n) is 0.799. The highest BCUT2D eigenvalue weighted by Crippen LogP contribution is 2.20. The van der Waals surface area contributed by atoms with E-state index in [9.17, 15) is 4.79 Å². The molecule has 0 bridgehead atoms. The van der Waals surface area contributed by atoms with Crippen LogP contribution in [-0.4, -0.2) is 12.1 Å². The van der Waals surface area contributed by atoms with Crippen molar-refractivity contribution in [1.82, 2.24) is 5.43 Å². The predicted octanol–water partition coefficient (Wildman–Crippen LogP) is 1.07. The van der Waals surface area contributed by atoms with Crippen molar-refractivity contribution in [2.45, 2.75) is 20.3 Å². The summed E-state index contributed by atoms with van der Waals surface area (Å²) in [6, 6.07) is 0. The number of carbonyl (C=O) groups is 1. The molecule has 0 saturated carbocycles. The highest BCUT2D eigenvalue weighted by molar-refractivity contribution is 5.90. The monoisotopic (exact) mass is 152 g/mol. The molecule has 1 unspecified atom stereocenters. The summed E-state index contributed by atoms with van der Waals surface area (Å²) in [7, 11) is 0. The van der Waals surface area contributed by atoms with Crippen LogP contribution < -0.4 is 5.43 Å². The van der Waals surface area contributed by atoms with Gasteiger partial charge in [0.15, 0.2) is 0 Å². The number of carbonyl (C=O) groups excluding carboxylic acids is 1. The van der Waals surface area contributed by atoms with Crippen molar-refractivity contribution in [3.8, 4) is 0 Å². The molecule has 1 heterocycles. The number of hydrazone groups is 1. The van der Waals surface area contributed by atoms with E-state index in [1.807, 2.05) is 13.0 Å². The molecule has 0 saturated heterocycles. The van der Waals surface area contributed by atoms with Crippen LogP contribution in [0.2, 0.25) is 0 Å². The Bertz CT molecular complexity index is 220. The SMILES string of the molecule is CCC1(C)C=CC(=O)NN=C1. The minimum absolute atomic E-state index is 0.0703. The van der Waals surface area contributed by atoms with E-state index >= 15 is 0 Å². The van der Waals surface area contributed by atoms with Crippen molar-refractivity contribution in [2.75, 3.05) is 0 Å². The number of hydrogen-bond acceptors (Lipinski definition) is 2. The quantitative estimate of drug-likeness (QED) is 0.600. The third-order valence-corrected chi connectivity index (χ3v) is 1.91. The molecular weight excluding hydrogens is 140 g/mol. The molecule has 1 aliphatic rings. The van der Waals surface area contributed by atoms with Crippen molar-refractivity contribution < 1.29 is 4.79 Å². The highest BCUT2D eigenvalue weighted by atomic mass is 16.2. The van der Waals surface area contributed by atoms with Crippen molar-refractivity contribution in [1.29, 1.82) is 0 Å². The van der Waals surface area contributed by atoms with E-state index in [2.05, 4.69) is 17.5 Å². The van der Waals surface area contributed by atoms with Crippen LogP contribution in [0, 0.1) is 5.41 Å². The van der Waals surface area contributed by atoms with Gasteiger partial charge < -0.3 is 0 Å². The second-order valence-electron chi connectivity index (χ2n) is 2.93. The van der Waals surface area contributed by atoms with E-state index in [1.165, 1.54) is 6.08 Å². The Hall–Kier alpha value is -1.12. The fourth-order valence-corrected chi connectivity index (χ4v) is 0.799. The van der Waals surface area contributed by atoms with Crippen LogP contribution in [0.1, 0.15) is 20.3 Å². The number of allylic oxidation sites excluding steroid dienone is 1. The van der Waals surface area contributed by atoms with Gasteiger partial charge in [0, 0.05) is 17.7 Å². The molecule has 1 N–H and O–H groups in total. The Kier molecular flexibility index (Phi) is 2.08. The lowest BCUT2D eigenvalue weighted by atomic mass is 9.89. The Morgan fingerprint density at radius 1 is 1.73 bits per heavy atom. The molecule has 3 nitrogen and oxygen atoms in total. The summed E-state index contributed by atoms with van der Waals surface area (Å²) in [5.41, 5.74) is 2.31. The highest BCUT2D eigenvalue weighted by Gasteiger charge is 2.17. The first-order valence-corrected chi connectivity index (χ1v) is 3.70. The number of amides is 1. The van der Waals surface area contributed by atoms with Gasteiger partial charge in [0.1, 0.15) is 0 Å². The maximum Gasteiger partial charge on any atom is 0.263 e. The van der Waals surface area contributed by atoms with Gasteiger partial charge in [-0.05, 0) is 6.42 Å². The van der Waals surface area contributed by atoms with Gasteiger partial charge in [0.05, 0.1) is 0 Å². The van der Waals surface area contributed by atoms with Gasteiger partial charge >= 0.3 is 0 Å². The lowest BCUT2D eigenvalue weighted by Gasteiger charge is -2.15. The Balaban J connectivity index is 2.84. The van der Waals surface area contributed by atoms with Crippen LogP contribution >= 0.6 is 0 Å². The number of rotatable bonds is 1. The molecule has 11 heavy (non-hydrogen) atoms. The number of nitrogens with one attached hydrogen (secondary N) is 1. The topological polar surface area (TPSA) is 41.5 Å². The van der Waals surface area contributed by atoms with Gasteiger partial charge in [-0.3, -0.25) is 4.79 Å². The summed E-state index contributed by atoms with van der Waals surface area (Å²) in [5, 5.41) is 3.79. The molecule has 0 aromatic carbocycles. The molecule has 0 fully saturated rings. The summed E-state index contributed by atoms with van der Waals surface area (Å²) < 4.78 is 0. The van der Waals surface area contributed by atoms with Crippen LogP contribution in [0.5, 0.6) is 0 Å². The molecule has 1 aliphatic heterocycles. The Morgan fingerprint density at radius 3 is 3.09 bits per heavy atom. The molecule has 0 spiro atoms. The molecule has 0 aromatic rings. The molecular formula is C8H12N2O. The standard InChI is InChI=1S/C8H12N2O/c1-3-8(2)5-4-7(11)10-9-6-8/h4-6H,3H2,1-2H3,(H,10,11). The van der Waals surface area contributed by atoms with Crippen molar-refractivity contribution in [3.05, 3.63) is 12.2 Å². The first kappa shape index (κ1) is 7.98. The van der Waals surface area contributed by atoms with Gasteiger partial charge in [-0.25, -0.2) is 5.43 Å². The first-order valence-electron chi connectivity index (χ1n) is 3.70. The second-order valence-corrected chi connectivity index (χ2v) is 2.93. The van der Waals surface area contributed by atoms with Crippen LogP contribution in [0.4, 0.5) is 0 Å². The van der Waals surface area contributed by atoms with Crippen LogP contribution in [0.15, 0.2) is 17.3 Å². The maximum absolute atomic E-state index is 10.8. The third kappa shape index (κ3) is 1.90. The zero-order valence-corrected chi connectivity index (χ0v) is 6.79. The third-order valence-electron chi connectivity index (χ3n) is 1.91. The summed E-state index contributed by atoms with van der Waals surface area (Å²) in [5.74, 6) is -0.154. The molecule has 1 atom stereocenters. The Labute approximate surface area is 66.2 Å². The van der Waals surface area contributed by atoms with Crippen LogP contribution in [-0.2, 0) is 4.79 Å². The lowest BCUT2D eigenvalue weighted by Crippen LogP contribution is -2.14. The smallest absolute Gasteiger partial charge is 0.263 e. The van der Waals surface area contributed by atoms with E-state index in [1.54, 1.807) is 6.21 Å². The number of hydrogen-bond donors (Lipinski definition) is 1. The fraction of sp³-hybridized carbons (Fsp3) is 0.500. The summed E-state index contributed by atoms with van der Waals surface area (Å²) in [6.45, 7) is 4.10. The molecule has 1 amide bonds. The zero-order valence-electron chi connectivity index (χ0n) is 6.79. The summed E-state index contributed by atoms with van der Waals surface area (Å²) >= 11 is 0. The second kappa shape index (κ2) is 2.86. The van der Waals surface area contributed by atoms with Gasteiger partial charge in [0.2, 0.25) is 0 Å². The largest absolute Gasteiger partial charge is 0.268 e. The maximum atomic E-state index is 10.8. The van der Waals surface area contributed by atoms with E-state index in [0.29, 0.717) is 0 Å². The molecule has 3 heteroatoms. The molecule has 60 valence electrons. The van der Waals surface area contributed by atoms with Crippen molar-refractivity contribution >= 4 is 12.1 Å². The number of nitrogens with zero attached hydrogens (tertiary/aromatic N) is 1. The Morgan fingerprint density at radius 2 is 2.45 bits per heavy atom. The van der Waals surface area contributed by atoms with E-state index in [4.69, 9.17) is 0 Å². The van der Waals surface area contributed by atoms with Gasteiger partial charge in [-0.2, -0.15) is 5.10 Å². The van der Waals surface area contributed by atoms with Gasteiger partial charge in [-0.1, -0.05) is 19.9 Å². The van der Waals surface area contributed by atoms with Crippen LogP contribution in [0.25, 0.3) is 0 Å². The minimum atomic E-state index is -0.154. The summed E-state index contributed by atoms with van der Waals surface area (Å²) in [6.07, 6.45) is 6.10. The average molecular weight is 152 g/mol. The predicted molar refractivity (Wildman–Crippen MR) is 44.2 cm³/mol. The molecule has 0 aliphatic carbocycles. The van der Waals surface area contributed by atoms with Crippen molar-refractivity contribution in [3.63, 3.8) is 0 Å². The molecule has 0 aromatic heterocycles. The average Bonchev–Trinajstić information content (AvgIpc) is 2.15. The molecule has 1 rings (SSSR count). The van der Waals surface area contributed by atoms with E-state index in [-0.39, 0.29) is 11.3 Å². The van der Waals surface area contributed by atoms with Crippen molar-refractivity contribution in [2.24, 2.45) is 10.5 Å². The van der Waals surface area contributed by atoms with E-state index in [0.717, 1.165) is 6.42 Å². The van der Waals surface area contributed by atoms with Gasteiger partial charge in [0.25, 0.3) is 5.91 Å². The summed E-state index contributed by atoms with van der Waals surface area (Å²) in [4.78, 5) is 10.8. The zero-order chi connectivity index (χ0) is 8.32. The lowest BCUT2D eigenvalue weighted by molar-refractivity contribution is -0.116. The normalized spacial score (nSPS) is 29.8.